The molecule has 1 aromatic carbocycles. The van der Waals surface area contributed by atoms with Gasteiger partial charge in [-0.2, -0.15) is 13.2 Å². The summed E-state index contributed by atoms with van der Waals surface area (Å²) in [4.78, 5) is 6.31. The zero-order valence-corrected chi connectivity index (χ0v) is 7.92. The fourth-order valence-corrected chi connectivity index (χ4v) is 1.69. The van der Waals surface area contributed by atoms with Crippen molar-refractivity contribution < 1.29 is 13.2 Å². The van der Waals surface area contributed by atoms with Gasteiger partial charge in [0.05, 0.1) is 11.0 Å². The highest BCUT2D eigenvalue weighted by Gasteiger charge is 2.33. The van der Waals surface area contributed by atoms with Crippen molar-refractivity contribution in [1.82, 2.24) is 14.4 Å². The van der Waals surface area contributed by atoms with E-state index in [2.05, 4.69) is 9.97 Å². The highest BCUT2D eigenvalue weighted by Crippen LogP contribution is 2.29. The lowest BCUT2D eigenvalue weighted by Crippen LogP contribution is -2.04. The van der Waals surface area contributed by atoms with Crippen LogP contribution in [0.4, 0.5) is 13.2 Å². The third kappa shape index (κ3) is 1.19. The first-order valence-corrected chi connectivity index (χ1v) is 4.59. The molecule has 0 bridgehead atoms. The Morgan fingerprint density at radius 2 is 1.94 bits per heavy atom. The van der Waals surface area contributed by atoms with Crippen LogP contribution in [0.15, 0.2) is 30.5 Å². The van der Waals surface area contributed by atoms with E-state index in [4.69, 9.17) is 0 Å². The van der Waals surface area contributed by atoms with Gasteiger partial charge in [0, 0.05) is 6.20 Å². The Morgan fingerprint density at radius 3 is 2.69 bits per heavy atom. The minimum absolute atomic E-state index is 0.202. The number of alkyl halides is 3. The van der Waals surface area contributed by atoms with Crippen LogP contribution in [0.2, 0.25) is 0 Å². The maximum absolute atomic E-state index is 12.4. The van der Waals surface area contributed by atoms with E-state index in [-0.39, 0.29) is 5.78 Å². The standard InChI is InChI=1S/C10H6F3N3/c11-10(12,13)8-5-16-7-4-2-1-3-6(7)14-9(16)15-8/h1-5H,(H,14,15). The number of hydrogen-bond acceptors (Lipinski definition) is 1. The van der Waals surface area contributed by atoms with E-state index in [0.717, 1.165) is 6.20 Å². The summed E-state index contributed by atoms with van der Waals surface area (Å²) >= 11 is 0. The molecule has 0 aliphatic carbocycles. The van der Waals surface area contributed by atoms with Gasteiger partial charge in [0.15, 0.2) is 0 Å². The molecule has 0 saturated heterocycles. The summed E-state index contributed by atoms with van der Waals surface area (Å²) in [5.41, 5.74) is 0.535. The van der Waals surface area contributed by atoms with Crippen molar-refractivity contribution in [2.45, 2.75) is 6.18 Å². The summed E-state index contributed by atoms with van der Waals surface area (Å²) in [5.74, 6) is 0.202. The van der Waals surface area contributed by atoms with Crippen molar-refractivity contribution in [2.24, 2.45) is 0 Å². The second kappa shape index (κ2) is 2.78. The molecule has 0 radical (unpaired) electrons. The molecule has 16 heavy (non-hydrogen) atoms. The van der Waals surface area contributed by atoms with Crippen molar-refractivity contribution in [3.63, 3.8) is 0 Å². The van der Waals surface area contributed by atoms with Crippen LogP contribution in [-0.4, -0.2) is 14.4 Å². The second-order valence-electron chi connectivity index (χ2n) is 3.46. The minimum Gasteiger partial charge on any atom is -0.320 e. The highest BCUT2D eigenvalue weighted by atomic mass is 19.4. The molecule has 0 fully saturated rings. The highest BCUT2D eigenvalue weighted by molar-refractivity contribution is 5.79. The lowest BCUT2D eigenvalue weighted by Gasteiger charge is -2.00. The summed E-state index contributed by atoms with van der Waals surface area (Å²) in [7, 11) is 0. The number of hydrogen-bond donors (Lipinski definition) is 1. The molecule has 0 atom stereocenters. The normalized spacial score (nSPS) is 12.7. The number of para-hydroxylation sites is 2. The van der Waals surface area contributed by atoms with Crippen LogP contribution in [0.1, 0.15) is 5.69 Å². The van der Waals surface area contributed by atoms with Crippen molar-refractivity contribution in [1.29, 1.82) is 0 Å². The number of rotatable bonds is 0. The van der Waals surface area contributed by atoms with Crippen LogP contribution < -0.4 is 0 Å². The van der Waals surface area contributed by atoms with Gasteiger partial charge in [0.2, 0.25) is 5.78 Å². The van der Waals surface area contributed by atoms with E-state index in [1.807, 2.05) is 0 Å². The Morgan fingerprint density at radius 1 is 1.19 bits per heavy atom. The Bertz CT molecular complexity index is 663. The van der Waals surface area contributed by atoms with Gasteiger partial charge in [-0.1, -0.05) is 12.1 Å². The van der Waals surface area contributed by atoms with E-state index in [1.165, 1.54) is 4.40 Å². The minimum atomic E-state index is -4.37. The maximum atomic E-state index is 12.4. The van der Waals surface area contributed by atoms with E-state index in [0.29, 0.717) is 11.0 Å². The molecule has 3 rings (SSSR count). The second-order valence-corrected chi connectivity index (χ2v) is 3.46. The summed E-state index contributed by atoms with van der Waals surface area (Å²) in [5, 5.41) is 0. The van der Waals surface area contributed by atoms with E-state index in [9.17, 15) is 13.2 Å². The van der Waals surface area contributed by atoms with Crippen LogP contribution in [0.25, 0.3) is 16.8 Å². The van der Waals surface area contributed by atoms with E-state index < -0.39 is 11.9 Å². The predicted molar refractivity (Wildman–Crippen MR) is 52.1 cm³/mol. The zero-order chi connectivity index (χ0) is 11.3. The number of nitrogens with zero attached hydrogens (tertiary/aromatic N) is 2. The van der Waals surface area contributed by atoms with E-state index in [1.54, 1.807) is 24.3 Å². The Kier molecular flexibility index (Phi) is 1.61. The molecule has 3 aromatic rings. The number of aromatic nitrogens is 3. The molecule has 0 saturated carbocycles. The van der Waals surface area contributed by atoms with Crippen LogP contribution in [-0.2, 0) is 6.18 Å². The van der Waals surface area contributed by atoms with Crippen LogP contribution in [0.5, 0.6) is 0 Å². The molecule has 2 heterocycles. The van der Waals surface area contributed by atoms with Gasteiger partial charge in [-0.25, -0.2) is 4.98 Å². The van der Waals surface area contributed by atoms with Crippen molar-refractivity contribution in [3.05, 3.63) is 36.2 Å². The molecule has 6 heteroatoms. The number of fused-ring (bicyclic) bond motifs is 3. The maximum Gasteiger partial charge on any atom is 0.432 e. The van der Waals surface area contributed by atoms with E-state index >= 15 is 0 Å². The topological polar surface area (TPSA) is 33.1 Å². The van der Waals surface area contributed by atoms with Crippen molar-refractivity contribution in [2.75, 3.05) is 0 Å². The Balaban J connectivity index is 2.35. The van der Waals surface area contributed by atoms with Gasteiger partial charge in [0.1, 0.15) is 5.69 Å². The number of nitrogens with one attached hydrogen (secondary N) is 1. The number of H-pyrrole nitrogens is 1. The Hall–Kier alpha value is -1.98. The molecule has 0 spiro atoms. The molecule has 0 unspecified atom stereocenters. The molecule has 0 aliphatic rings. The first-order valence-electron chi connectivity index (χ1n) is 4.59. The number of benzene rings is 1. The molecule has 1 N–H and O–H groups in total. The molecular weight excluding hydrogens is 219 g/mol. The first kappa shape index (κ1) is 9.26. The lowest BCUT2D eigenvalue weighted by atomic mass is 10.3. The summed E-state index contributed by atoms with van der Waals surface area (Å²) in [6.45, 7) is 0. The summed E-state index contributed by atoms with van der Waals surface area (Å²) < 4.78 is 38.7. The molecule has 82 valence electrons. The fraction of sp³-hybridized carbons (Fsp3) is 0.100. The van der Waals surface area contributed by atoms with Gasteiger partial charge < -0.3 is 4.98 Å². The van der Waals surface area contributed by atoms with Crippen molar-refractivity contribution >= 4 is 16.8 Å². The molecule has 2 aromatic heterocycles. The third-order valence-electron chi connectivity index (χ3n) is 2.41. The molecule has 3 nitrogen and oxygen atoms in total. The van der Waals surface area contributed by atoms with Crippen molar-refractivity contribution in [3.8, 4) is 0 Å². The average molecular weight is 225 g/mol. The quantitative estimate of drug-likeness (QED) is 0.627. The fourth-order valence-electron chi connectivity index (χ4n) is 1.69. The monoisotopic (exact) mass is 225 g/mol. The largest absolute Gasteiger partial charge is 0.432 e. The smallest absolute Gasteiger partial charge is 0.320 e. The predicted octanol–water partition coefficient (Wildman–Crippen LogP) is 2.83. The average Bonchev–Trinajstić information content (AvgIpc) is 2.72. The number of halogens is 3. The Labute approximate surface area is 87.5 Å². The SMILES string of the molecule is FC(F)(F)c1cn2c(nc3ccccc32)[nH]1. The number of aromatic amines is 1. The summed E-state index contributed by atoms with van der Waals surface area (Å²) in [6, 6.07) is 7.03. The lowest BCUT2D eigenvalue weighted by molar-refractivity contribution is -0.140. The van der Waals surface area contributed by atoms with Crippen LogP contribution >= 0.6 is 0 Å². The number of imidazole rings is 2. The summed E-state index contributed by atoms with van der Waals surface area (Å²) in [6.07, 6.45) is -3.35. The van der Waals surface area contributed by atoms with Crippen LogP contribution in [0.3, 0.4) is 0 Å². The van der Waals surface area contributed by atoms with Gasteiger partial charge in [-0.05, 0) is 12.1 Å². The molecular formula is C10H6F3N3. The first-order chi connectivity index (χ1) is 7.55. The van der Waals surface area contributed by atoms with Gasteiger partial charge in [-0.3, -0.25) is 4.40 Å². The molecule has 0 aliphatic heterocycles. The zero-order valence-electron chi connectivity index (χ0n) is 7.92. The van der Waals surface area contributed by atoms with Gasteiger partial charge >= 0.3 is 6.18 Å². The molecule has 0 amide bonds. The van der Waals surface area contributed by atoms with Crippen LogP contribution in [0, 0.1) is 0 Å². The van der Waals surface area contributed by atoms with Gasteiger partial charge in [-0.15, -0.1) is 0 Å². The third-order valence-corrected chi connectivity index (χ3v) is 2.41. The van der Waals surface area contributed by atoms with Gasteiger partial charge in [0.25, 0.3) is 0 Å².